The molecule has 0 aliphatic heterocycles. The molecule has 3 rings (SSSR count). The molecule has 0 saturated carbocycles. The normalized spacial score (nSPS) is 17.9. The van der Waals surface area contributed by atoms with E-state index in [1.54, 1.807) is 0 Å². The van der Waals surface area contributed by atoms with Crippen LogP contribution in [0.3, 0.4) is 0 Å². The molecular formula is C12H12BrN3. The Morgan fingerprint density at radius 1 is 1.38 bits per heavy atom. The van der Waals surface area contributed by atoms with E-state index in [1.807, 2.05) is 10.9 Å². The first kappa shape index (κ1) is 10.0. The van der Waals surface area contributed by atoms with E-state index in [9.17, 15) is 0 Å². The number of rotatable bonds is 3. The van der Waals surface area contributed by atoms with Crippen LogP contribution >= 0.6 is 15.9 Å². The van der Waals surface area contributed by atoms with Crippen LogP contribution in [0.2, 0.25) is 0 Å². The molecule has 0 fully saturated rings. The van der Waals surface area contributed by atoms with Crippen molar-refractivity contribution >= 4 is 15.9 Å². The lowest BCUT2D eigenvalue weighted by atomic mass is 9.78. The molecule has 0 saturated heterocycles. The van der Waals surface area contributed by atoms with Crippen LogP contribution in [-0.4, -0.2) is 15.0 Å². The summed E-state index contributed by atoms with van der Waals surface area (Å²) in [6, 6.07) is 8.63. The molecule has 1 aromatic carbocycles. The lowest BCUT2D eigenvalue weighted by Gasteiger charge is -2.29. The summed E-state index contributed by atoms with van der Waals surface area (Å²) in [6.07, 6.45) is 3.18. The molecule has 1 heterocycles. The Morgan fingerprint density at radius 3 is 3.00 bits per heavy atom. The molecule has 82 valence electrons. The van der Waals surface area contributed by atoms with Crippen molar-refractivity contribution in [3.8, 4) is 0 Å². The van der Waals surface area contributed by atoms with Crippen molar-refractivity contribution in [2.75, 3.05) is 0 Å². The van der Waals surface area contributed by atoms with Crippen molar-refractivity contribution < 1.29 is 0 Å². The van der Waals surface area contributed by atoms with Crippen molar-refractivity contribution in [2.24, 2.45) is 0 Å². The monoisotopic (exact) mass is 277 g/mol. The van der Waals surface area contributed by atoms with Crippen LogP contribution < -0.4 is 0 Å². The summed E-state index contributed by atoms with van der Waals surface area (Å²) in [6.45, 7) is 0.941. The topological polar surface area (TPSA) is 30.7 Å². The first-order valence-electron chi connectivity index (χ1n) is 5.39. The van der Waals surface area contributed by atoms with Crippen LogP contribution in [0.4, 0.5) is 0 Å². The van der Waals surface area contributed by atoms with Gasteiger partial charge in [-0.1, -0.05) is 45.4 Å². The summed E-state index contributed by atoms with van der Waals surface area (Å²) in [7, 11) is 0. The SMILES string of the molecule is BrCc1cn(CC2Cc3ccccc32)nn1. The van der Waals surface area contributed by atoms with Crippen LogP contribution in [0.5, 0.6) is 0 Å². The standard InChI is InChI=1S/C12H12BrN3/c13-6-11-8-16(15-14-11)7-10-5-9-3-1-2-4-12(9)10/h1-4,8,10H,5-7H2. The van der Waals surface area contributed by atoms with Crippen LogP contribution in [0.1, 0.15) is 22.7 Å². The van der Waals surface area contributed by atoms with Crippen molar-refractivity contribution in [1.82, 2.24) is 15.0 Å². The first-order valence-corrected chi connectivity index (χ1v) is 6.52. The maximum atomic E-state index is 4.12. The van der Waals surface area contributed by atoms with E-state index in [0.29, 0.717) is 5.92 Å². The predicted octanol–water partition coefficient (Wildman–Crippen LogP) is 2.51. The lowest BCUT2D eigenvalue weighted by Crippen LogP contribution is -2.22. The van der Waals surface area contributed by atoms with Gasteiger partial charge in [-0.2, -0.15) is 0 Å². The number of benzene rings is 1. The number of aromatic nitrogens is 3. The highest BCUT2D eigenvalue weighted by Crippen LogP contribution is 2.35. The van der Waals surface area contributed by atoms with Gasteiger partial charge >= 0.3 is 0 Å². The zero-order chi connectivity index (χ0) is 11.0. The minimum absolute atomic E-state index is 0.612. The molecule has 4 heteroatoms. The van der Waals surface area contributed by atoms with Crippen molar-refractivity contribution in [1.29, 1.82) is 0 Å². The van der Waals surface area contributed by atoms with Crippen molar-refractivity contribution in [3.05, 3.63) is 47.3 Å². The minimum Gasteiger partial charge on any atom is -0.252 e. The molecule has 2 aromatic rings. The highest BCUT2D eigenvalue weighted by atomic mass is 79.9. The van der Waals surface area contributed by atoms with Crippen LogP contribution in [-0.2, 0) is 18.3 Å². The maximum absolute atomic E-state index is 4.12. The molecule has 1 unspecified atom stereocenters. The lowest BCUT2D eigenvalue weighted by molar-refractivity contribution is 0.465. The second-order valence-corrected chi connectivity index (χ2v) is 4.73. The average Bonchev–Trinajstić information content (AvgIpc) is 2.74. The number of alkyl halides is 1. The van der Waals surface area contributed by atoms with Crippen molar-refractivity contribution in [2.45, 2.75) is 24.2 Å². The summed E-state index contributed by atoms with van der Waals surface area (Å²) < 4.78 is 1.94. The molecular weight excluding hydrogens is 266 g/mol. The van der Waals surface area contributed by atoms with E-state index < -0.39 is 0 Å². The van der Waals surface area contributed by atoms with E-state index >= 15 is 0 Å². The number of nitrogens with zero attached hydrogens (tertiary/aromatic N) is 3. The zero-order valence-electron chi connectivity index (χ0n) is 8.81. The fraction of sp³-hybridized carbons (Fsp3) is 0.333. The van der Waals surface area contributed by atoms with E-state index in [2.05, 4.69) is 50.5 Å². The smallest absolute Gasteiger partial charge is 0.0932 e. The fourth-order valence-corrected chi connectivity index (χ4v) is 2.50. The molecule has 0 bridgehead atoms. The Bertz CT molecular complexity index is 506. The Balaban J connectivity index is 1.74. The largest absolute Gasteiger partial charge is 0.252 e. The van der Waals surface area contributed by atoms with Gasteiger partial charge in [0, 0.05) is 24.0 Å². The van der Waals surface area contributed by atoms with Gasteiger partial charge in [-0.15, -0.1) is 5.10 Å². The van der Waals surface area contributed by atoms with Gasteiger partial charge in [0.25, 0.3) is 0 Å². The van der Waals surface area contributed by atoms with Gasteiger partial charge in [0.15, 0.2) is 0 Å². The van der Waals surface area contributed by atoms with Crippen LogP contribution in [0.25, 0.3) is 0 Å². The molecule has 1 aromatic heterocycles. The Hall–Kier alpha value is -1.16. The van der Waals surface area contributed by atoms with Gasteiger partial charge in [-0.3, -0.25) is 4.68 Å². The summed E-state index contributed by atoms with van der Waals surface area (Å²) in [5.74, 6) is 0.612. The summed E-state index contributed by atoms with van der Waals surface area (Å²) in [4.78, 5) is 0. The third-order valence-electron chi connectivity index (χ3n) is 3.09. The number of fused-ring (bicyclic) bond motifs is 1. The fourth-order valence-electron chi connectivity index (χ4n) is 2.24. The predicted molar refractivity (Wildman–Crippen MR) is 65.5 cm³/mol. The van der Waals surface area contributed by atoms with Gasteiger partial charge in [-0.05, 0) is 17.5 Å². The number of halogens is 1. The van der Waals surface area contributed by atoms with Gasteiger partial charge in [0.05, 0.1) is 5.69 Å². The van der Waals surface area contributed by atoms with Gasteiger partial charge in [0.2, 0.25) is 0 Å². The molecule has 1 atom stereocenters. The number of hydrogen-bond acceptors (Lipinski definition) is 2. The minimum atomic E-state index is 0.612. The third-order valence-corrected chi connectivity index (χ3v) is 3.67. The summed E-state index contributed by atoms with van der Waals surface area (Å²) in [5, 5.41) is 8.96. The van der Waals surface area contributed by atoms with E-state index in [4.69, 9.17) is 0 Å². The second kappa shape index (κ2) is 4.01. The molecule has 0 N–H and O–H groups in total. The zero-order valence-corrected chi connectivity index (χ0v) is 10.4. The van der Waals surface area contributed by atoms with Crippen molar-refractivity contribution in [3.63, 3.8) is 0 Å². The molecule has 1 aliphatic carbocycles. The van der Waals surface area contributed by atoms with E-state index in [-0.39, 0.29) is 0 Å². The third kappa shape index (κ3) is 1.67. The molecule has 3 nitrogen and oxygen atoms in total. The van der Waals surface area contributed by atoms with Gasteiger partial charge in [-0.25, -0.2) is 0 Å². The molecule has 1 aliphatic rings. The summed E-state index contributed by atoms with van der Waals surface area (Å²) >= 11 is 3.38. The van der Waals surface area contributed by atoms with E-state index in [0.717, 1.165) is 17.6 Å². The first-order chi connectivity index (χ1) is 7.86. The van der Waals surface area contributed by atoms with Crippen LogP contribution in [0, 0.1) is 0 Å². The maximum Gasteiger partial charge on any atom is 0.0932 e. The Kier molecular flexibility index (Phi) is 2.52. The molecule has 16 heavy (non-hydrogen) atoms. The average molecular weight is 278 g/mol. The highest BCUT2D eigenvalue weighted by Gasteiger charge is 2.25. The van der Waals surface area contributed by atoms with Crippen LogP contribution in [0.15, 0.2) is 30.5 Å². The number of hydrogen-bond donors (Lipinski definition) is 0. The second-order valence-electron chi connectivity index (χ2n) is 4.17. The Labute approximate surface area is 103 Å². The molecule has 0 spiro atoms. The highest BCUT2D eigenvalue weighted by molar-refractivity contribution is 9.08. The van der Waals surface area contributed by atoms with Gasteiger partial charge in [0.1, 0.15) is 0 Å². The van der Waals surface area contributed by atoms with E-state index in [1.165, 1.54) is 17.5 Å². The van der Waals surface area contributed by atoms with Gasteiger partial charge < -0.3 is 0 Å². The summed E-state index contributed by atoms with van der Waals surface area (Å²) in [5.41, 5.74) is 3.94. The Morgan fingerprint density at radius 2 is 2.25 bits per heavy atom. The molecule has 0 radical (unpaired) electrons. The quantitative estimate of drug-likeness (QED) is 0.808. The molecule has 0 amide bonds.